The molecule has 4 rings (SSSR count). The maximum absolute atomic E-state index is 12.6. The van der Waals surface area contributed by atoms with Gasteiger partial charge in [-0.05, 0) is 67.8 Å². The van der Waals surface area contributed by atoms with Gasteiger partial charge in [0.05, 0.1) is 12.5 Å². The molecule has 0 radical (unpaired) electrons. The Morgan fingerprint density at radius 3 is 2.67 bits per heavy atom. The third-order valence-corrected chi connectivity index (χ3v) is 8.12. The minimum absolute atomic E-state index is 0.00291. The Hall–Kier alpha value is -0.830. The van der Waals surface area contributed by atoms with Crippen molar-refractivity contribution in [2.75, 3.05) is 7.11 Å². The fourth-order valence-electron chi connectivity index (χ4n) is 6.92. The van der Waals surface area contributed by atoms with E-state index < -0.39 is 0 Å². The summed E-state index contributed by atoms with van der Waals surface area (Å²) in [7, 11) is 1.54. The number of fused-ring (bicyclic) bond motifs is 2. The van der Waals surface area contributed by atoms with E-state index in [1.807, 2.05) is 0 Å². The number of rotatable bonds is 2. The lowest BCUT2D eigenvalue weighted by Gasteiger charge is -2.59. The van der Waals surface area contributed by atoms with Crippen molar-refractivity contribution in [3.05, 3.63) is 11.6 Å². The van der Waals surface area contributed by atoms with Crippen molar-refractivity contribution >= 4 is 5.97 Å². The zero-order chi connectivity index (χ0) is 17.3. The highest BCUT2D eigenvalue weighted by atomic mass is 16.6. The van der Waals surface area contributed by atoms with Gasteiger partial charge < -0.3 is 9.47 Å². The predicted molar refractivity (Wildman–Crippen MR) is 93.4 cm³/mol. The monoisotopic (exact) mass is 332 g/mol. The van der Waals surface area contributed by atoms with E-state index in [-0.39, 0.29) is 22.4 Å². The number of hydrogen-bond acceptors (Lipinski definition) is 3. The lowest BCUT2D eigenvalue weighted by atomic mass is 9.44. The number of allylic oxidation sites excluding steroid dienone is 1. The first kappa shape index (κ1) is 16.6. The normalized spacial score (nSPS) is 49.6. The van der Waals surface area contributed by atoms with Crippen LogP contribution in [0.15, 0.2) is 11.6 Å². The highest BCUT2D eigenvalue weighted by Gasteiger charge is 2.72. The van der Waals surface area contributed by atoms with E-state index in [9.17, 15) is 4.79 Å². The fourth-order valence-corrected chi connectivity index (χ4v) is 6.92. The van der Waals surface area contributed by atoms with Crippen molar-refractivity contribution in [2.24, 2.45) is 28.6 Å². The molecule has 0 amide bonds. The number of ether oxygens (including phenoxy) is 2. The van der Waals surface area contributed by atoms with Gasteiger partial charge in [-0.3, -0.25) is 4.79 Å². The number of epoxide rings is 1. The van der Waals surface area contributed by atoms with Gasteiger partial charge in [0, 0.05) is 0 Å². The van der Waals surface area contributed by atoms with E-state index in [4.69, 9.17) is 9.47 Å². The topological polar surface area (TPSA) is 38.8 Å². The molecule has 3 nitrogen and oxygen atoms in total. The van der Waals surface area contributed by atoms with Gasteiger partial charge in [-0.15, -0.1) is 0 Å². The highest BCUT2D eigenvalue weighted by Crippen LogP contribution is 2.70. The van der Waals surface area contributed by atoms with E-state index in [2.05, 4.69) is 33.8 Å². The Morgan fingerprint density at radius 2 is 2.00 bits per heavy atom. The number of esters is 1. The molecule has 3 heteroatoms. The summed E-state index contributed by atoms with van der Waals surface area (Å²) in [5, 5.41) is 0. The summed E-state index contributed by atoms with van der Waals surface area (Å²) in [5.74, 6) is 1.55. The summed E-state index contributed by atoms with van der Waals surface area (Å²) in [6, 6.07) is 0. The molecule has 0 unspecified atom stereocenters. The second-order valence-electron chi connectivity index (χ2n) is 9.46. The summed E-state index contributed by atoms with van der Waals surface area (Å²) in [5.41, 5.74) is 1.46. The molecule has 3 aliphatic carbocycles. The van der Waals surface area contributed by atoms with Crippen LogP contribution in [0, 0.1) is 28.6 Å². The van der Waals surface area contributed by atoms with Crippen LogP contribution >= 0.6 is 0 Å². The van der Waals surface area contributed by atoms with Gasteiger partial charge in [-0.2, -0.15) is 0 Å². The molecule has 4 aliphatic rings. The summed E-state index contributed by atoms with van der Waals surface area (Å²) in [4.78, 5) is 12.6. The lowest BCUT2D eigenvalue weighted by Crippen LogP contribution is -2.58. The first-order valence-electron chi connectivity index (χ1n) is 9.76. The maximum Gasteiger partial charge on any atom is 0.311 e. The Labute approximate surface area is 146 Å². The van der Waals surface area contributed by atoms with Crippen LogP contribution in [0.4, 0.5) is 0 Å². The van der Waals surface area contributed by atoms with Gasteiger partial charge in [0.2, 0.25) is 0 Å². The largest absolute Gasteiger partial charge is 0.469 e. The average Bonchev–Trinajstić information content (AvgIpc) is 3.26. The minimum Gasteiger partial charge on any atom is -0.469 e. The van der Waals surface area contributed by atoms with Gasteiger partial charge in [-0.25, -0.2) is 0 Å². The van der Waals surface area contributed by atoms with Crippen LogP contribution in [0.1, 0.15) is 66.2 Å². The smallest absolute Gasteiger partial charge is 0.311 e. The molecule has 1 saturated heterocycles. The van der Waals surface area contributed by atoms with Gasteiger partial charge in [0.15, 0.2) is 0 Å². The second kappa shape index (κ2) is 5.09. The third kappa shape index (κ3) is 1.91. The van der Waals surface area contributed by atoms with Gasteiger partial charge in [0.1, 0.15) is 11.7 Å². The van der Waals surface area contributed by atoms with Crippen LogP contribution < -0.4 is 0 Å². The van der Waals surface area contributed by atoms with Crippen LogP contribution in [0.25, 0.3) is 0 Å². The Kier molecular flexibility index (Phi) is 3.53. The first-order chi connectivity index (χ1) is 11.3. The number of carbonyl (C=O) groups excluding carboxylic acids is 1. The molecular weight excluding hydrogens is 300 g/mol. The van der Waals surface area contributed by atoms with Crippen molar-refractivity contribution in [1.82, 2.24) is 0 Å². The molecule has 6 atom stereocenters. The first-order valence-corrected chi connectivity index (χ1v) is 9.76. The van der Waals surface area contributed by atoms with Crippen molar-refractivity contribution in [2.45, 2.75) is 77.9 Å². The van der Waals surface area contributed by atoms with E-state index in [1.54, 1.807) is 7.11 Å². The van der Waals surface area contributed by atoms with Gasteiger partial charge in [0.25, 0.3) is 0 Å². The van der Waals surface area contributed by atoms with Gasteiger partial charge in [-0.1, -0.05) is 33.3 Å². The minimum atomic E-state index is -0.324. The maximum atomic E-state index is 12.6. The van der Waals surface area contributed by atoms with Crippen molar-refractivity contribution in [3.8, 4) is 0 Å². The zero-order valence-electron chi connectivity index (χ0n) is 15.9. The third-order valence-electron chi connectivity index (χ3n) is 8.12. The lowest BCUT2D eigenvalue weighted by molar-refractivity contribution is -0.174. The van der Waals surface area contributed by atoms with Crippen molar-refractivity contribution < 1.29 is 14.3 Å². The summed E-state index contributed by atoms with van der Waals surface area (Å²) >= 11 is 0. The predicted octanol–water partition coefficient (Wildman–Crippen LogP) is 4.51. The molecule has 1 heterocycles. The van der Waals surface area contributed by atoms with E-state index in [0.717, 1.165) is 32.1 Å². The van der Waals surface area contributed by atoms with Crippen LogP contribution in [-0.2, 0) is 14.3 Å². The standard InChI is InChI=1S/C21H32O3/c1-13(2)14-7-8-16-19(3)10-6-11-20(4,18(22)23-5)15(19)9-12-21(16)17(14)24-21/h7,13,15-17H,6,8-12H2,1-5H3/t15-,16+,17-,19-,20+,21+/m0/s1. The molecule has 0 bridgehead atoms. The van der Waals surface area contributed by atoms with Crippen LogP contribution in [0.2, 0.25) is 0 Å². The SMILES string of the molecule is COC(=O)[C@]1(C)CCC[C@]2(C)[C@H]3CC=C(C(C)C)[C@@H]4O[C@]34CC[C@@H]21. The molecule has 1 spiro atoms. The highest BCUT2D eigenvalue weighted by molar-refractivity contribution is 5.77. The molecule has 2 saturated carbocycles. The van der Waals surface area contributed by atoms with Gasteiger partial charge >= 0.3 is 5.97 Å². The molecule has 0 N–H and O–H groups in total. The Morgan fingerprint density at radius 1 is 1.25 bits per heavy atom. The molecule has 0 aromatic carbocycles. The number of methoxy groups -OCH3 is 1. The van der Waals surface area contributed by atoms with Crippen LogP contribution in [0.5, 0.6) is 0 Å². The quantitative estimate of drug-likeness (QED) is 0.424. The molecular formula is C21H32O3. The fraction of sp³-hybridized carbons (Fsp3) is 0.857. The molecule has 1 aliphatic heterocycles. The molecule has 0 aromatic heterocycles. The van der Waals surface area contributed by atoms with Crippen LogP contribution in [-0.4, -0.2) is 24.8 Å². The summed E-state index contributed by atoms with van der Waals surface area (Å²) in [6.07, 6.45) is 9.45. The summed E-state index contributed by atoms with van der Waals surface area (Å²) in [6.45, 7) is 9.16. The van der Waals surface area contributed by atoms with E-state index in [1.165, 1.54) is 12.0 Å². The second-order valence-corrected chi connectivity index (χ2v) is 9.46. The Balaban J connectivity index is 1.70. The molecule has 3 fully saturated rings. The Bertz CT molecular complexity index is 594. The molecule has 24 heavy (non-hydrogen) atoms. The van der Waals surface area contributed by atoms with E-state index >= 15 is 0 Å². The average molecular weight is 332 g/mol. The van der Waals surface area contributed by atoms with Crippen molar-refractivity contribution in [1.29, 1.82) is 0 Å². The van der Waals surface area contributed by atoms with Crippen molar-refractivity contribution in [3.63, 3.8) is 0 Å². The molecule has 0 aromatic rings. The zero-order valence-corrected chi connectivity index (χ0v) is 15.9. The number of hydrogen-bond donors (Lipinski definition) is 0. The molecule has 134 valence electrons. The number of carbonyl (C=O) groups is 1. The van der Waals surface area contributed by atoms with E-state index in [0.29, 0.717) is 23.9 Å². The van der Waals surface area contributed by atoms with Crippen LogP contribution in [0.3, 0.4) is 0 Å². The summed E-state index contributed by atoms with van der Waals surface area (Å²) < 4.78 is 11.7.